The molecule has 3 aromatic carbocycles. The number of rotatable bonds is 8. The molecule has 0 spiro atoms. The molecule has 5 aromatic rings. The van der Waals surface area contributed by atoms with Crippen LogP contribution in [0.1, 0.15) is 10.4 Å². The molecule has 2 aromatic heterocycles. The number of anilines is 1. The first-order chi connectivity index (χ1) is 18.0. The van der Waals surface area contributed by atoms with Crippen LogP contribution in [0, 0.1) is 0 Å². The molecule has 0 aliphatic heterocycles. The molecular weight excluding hydrogens is 545 g/mol. The minimum atomic E-state index is -0.197. The van der Waals surface area contributed by atoms with Crippen LogP contribution in [0.25, 0.3) is 22.5 Å². The van der Waals surface area contributed by atoms with Crippen LogP contribution in [0.5, 0.6) is 0 Å². The molecular formula is C27H19Cl2N5OS2. The summed E-state index contributed by atoms with van der Waals surface area (Å²) in [6.07, 6.45) is 2.39. The number of thiazole rings is 1. The fourth-order valence-electron chi connectivity index (χ4n) is 3.54. The molecule has 0 bridgehead atoms. The minimum Gasteiger partial charge on any atom is -0.301 e. The van der Waals surface area contributed by atoms with E-state index in [4.69, 9.17) is 28.2 Å². The summed E-state index contributed by atoms with van der Waals surface area (Å²) in [5.74, 6) is -0.0695. The Morgan fingerprint density at radius 3 is 2.27 bits per heavy atom. The number of benzene rings is 3. The summed E-state index contributed by atoms with van der Waals surface area (Å²) in [4.78, 5) is 22.7. The van der Waals surface area contributed by atoms with Gasteiger partial charge < -0.3 is 5.32 Å². The third kappa shape index (κ3) is 6.53. The highest BCUT2D eigenvalue weighted by Crippen LogP contribution is 2.30. The molecule has 1 amide bonds. The number of nitrogens with zero attached hydrogens (tertiary/aromatic N) is 4. The number of nitrogens with one attached hydrogen (secondary N) is 1. The van der Waals surface area contributed by atoms with Gasteiger partial charge in [0.25, 0.3) is 0 Å². The summed E-state index contributed by atoms with van der Waals surface area (Å²) < 4.78 is 0. The molecule has 2 heterocycles. The quantitative estimate of drug-likeness (QED) is 0.199. The van der Waals surface area contributed by atoms with Crippen molar-refractivity contribution in [2.75, 3.05) is 11.1 Å². The van der Waals surface area contributed by atoms with Gasteiger partial charge in [-0.05, 0) is 17.7 Å². The molecule has 1 N–H and O–H groups in total. The zero-order valence-corrected chi connectivity index (χ0v) is 22.4. The predicted molar refractivity (Wildman–Crippen MR) is 151 cm³/mol. The first-order valence-corrected chi connectivity index (χ1v) is 13.8. The summed E-state index contributed by atoms with van der Waals surface area (Å²) in [5.41, 5.74) is 4.29. The SMILES string of the molecule is O=C(CSc1nnc(-c2ccccc2)c(-c2ccccc2)n1)Nc1ncc(Cc2ccc(Cl)c(Cl)c2)s1. The monoisotopic (exact) mass is 563 g/mol. The number of halogens is 2. The molecule has 0 unspecified atom stereocenters. The highest BCUT2D eigenvalue weighted by molar-refractivity contribution is 7.99. The topological polar surface area (TPSA) is 80.7 Å². The summed E-state index contributed by atoms with van der Waals surface area (Å²) in [6, 6.07) is 25.2. The molecule has 0 fully saturated rings. The second-order valence-corrected chi connectivity index (χ2v) is 10.8. The Morgan fingerprint density at radius 2 is 1.57 bits per heavy atom. The van der Waals surface area contributed by atoms with Crippen LogP contribution in [0.2, 0.25) is 10.0 Å². The predicted octanol–water partition coefficient (Wildman–Crippen LogP) is 7.29. The molecule has 0 aliphatic rings. The number of carbonyl (C=O) groups is 1. The summed E-state index contributed by atoms with van der Waals surface area (Å²) in [7, 11) is 0. The Balaban J connectivity index is 1.25. The normalized spacial score (nSPS) is 10.9. The van der Waals surface area contributed by atoms with Crippen LogP contribution in [0.4, 0.5) is 5.13 Å². The number of thioether (sulfide) groups is 1. The van der Waals surface area contributed by atoms with Gasteiger partial charge in [0, 0.05) is 28.6 Å². The van der Waals surface area contributed by atoms with Crippen LogP contribution in [0.3, 0.4) is 0 Å². The van der Waals surface area contributed by atoms with Gasteiger partial charge in [0.1, 0.15) is 11.4 Å². The van der Waals surface area contributed by atoms with Crippen molar-refractivity contribution in [2.45, 2.75) is 11.6 Å². The maximum atomic E-state index is 12.6. The van der Waals surface area contributed by atoms with Crippen molar-refractivity contribution in [1.82, 2.24) is 20.2 Å². The van der Waals surface area contributed by atoms with Gasteiger partial charge in [-0.25, -0.2) is 9.97 Å². The Labute approximate surface area is 232 Å². The molecule has 10 heteroatoms. The van der Waals surface area contributed by atoms with Gasteiger partial charge in [-0.1, -0.05) is 102 Å². The number of hydrogen-bond donors (Lipinski definition) is 1. The van der Waals surface area contributed by atoms with E-state index in [1.54, 1.807) is 12.3 Å². The molecule has 0 radical (unpaired) electrons. The number of carbonyl (C=O) groups excluding carboxylic acids is 1. The van der Waals surface area contributed by atoms with E-state index in [0.717, 1.165) is 27.3 Å². The third-order valence-electron chi connectivity index (χ3n) is 5.26. The zero-order chi connectivity index (χ0) is 25.6. The molecule has 5 rings (SSSR count). The highest BCUT2D eigenvalue weighted by atomic mass is 35.5. The highest BCUT2D eigenvalue weighted by Gasteiger charge is 2.15. The molecule has 0 atom stereocenters. The average Bonchev–Trinajstić information content (AvgIpc) is 3.37. The van der Waals surface area contributed by atoms with Crippen molar-refractivity contribution < 1.29 is 4.79 Å². The molecule has 37 heavy (non-hydrogen) atoms. The Bertz CT molecular complexity index is 1530. The fourth-order valence-corrected chi connectivity index (χ4v) is 5.31. The maximum absolute atomic E-state index is 12.6. The molecule has 6 nitrogen and oxygen atoms in total. The zero-order valence-electron chi connectivity index (χ0n) is 19.3. The molecule has 184 valence electrons. The average molecular weight is 565 g/mol. The van der Waals surface area contributed by atoms with Gasteiger partial charge in [-0.3, -0.25) is 4.79 Å². The van der Waals surface area contributed by atoms with Crippen molar-refractivity contribution in [3.63, 3.8) is 0 Å². The summed E-state index contributed by atoms with van der Waals surface area (Å²) >= 11 is 14.7. The molecule has 0 aliphatic carbocycles. The number of amides is 1. The minimum absolute atomic E-state index is 0.127. The lowest BCUT2D eigenvalue weighted by Crippen LogP contribution is -2.14. The van der Waals surface area contributed by atoms with E-state index < -0.39 is 0 Å². The fraction of sp³-hybridized carbons (Fsp3) is 0.0741. The first-order valence-electron chi connectivity index (χ1n) is 11.2. The van der Waals surface area contributed by atoms with Crippen LogP contribution in [-0.2, 0) is 11.2 Å². The van der Waals surface area contributed by atoms with Gasteiger partial charge in [0.2, 0.25) is 11.1 Å². The summed E-state index contributed by atoms with van der Waals surface area (Å²) in [5, 5.41) is 13.6. The van der Waals surface area contributed by atoms with Gasteiger partial charge in [0.05, 0.1) is 15.8 Å². The van der Waals surface area contributed by atoms with Crippen molar-refractivity contribution in [3.8, 4) is 22.5 Å². The number of hydrogen-bond acceptors (Lipinski definition) is 7. The van der Waals surface area contributed by atoms with Crippen LogP contribution in [-0.4, -0.2) is 31.8 Å². The van der Waals surface area contributed by atoms with Gasteiger partial charge in [0.15, 0.2) is 5.13 Å². The lowest BCUT2D eigenvalue weighted by atomic mass is 10.0. The Hall–Kier alpha value is -3.30. The van der Waals surface area contributed by atoms with Gasteiger partial charge in [-0.15, -0.1) is 21.5 Å². The van der Waals surface area contributed by atoms with E-state index in [2.05, 4.69) is 20.5 Å². The van der Waals surface area contributed by atoms with Crippen LogP contribution in [0.15, 0.2) is 90.2 Å². The van der Waals surface area contributed by atoms with Crippen LogP contribution >= 0.6 is 46.3 Å². The van der Waals surface area contributed by atoms with Crippen molar-refractivity contribution in [1.29, 1.82) is 0 Å². The van der Waals surface area contributed by atoms with Crippen molar-refractivity contribution >= 4 is 57.3 Å². The van der Waals surface area contributed by atoms with Crippen molar-refractivity contribution in [2.24, 2.45) is 0 Å². The number of aromatic nitrogens is 4. The Morgan fingerprint density at radius 1 is 0.865 bits per heavy atom. The first kappa shape index (κ1) is 25.4. The van der Waals surface area contributed by atoms with E-state index in [9.17, 15) is 4.79 Å². The summed E-state index contributed by atoms with van der Waals surface area (Å²) in [6.45, 7) is 0. The lowest BCUT2D eigenvalue weighted by Gasteiger charge is -2.09. The van der Waals surface area contributed by atoms with E-state index >= 15 is 0 Å². The van der Waals surface area contributed by atoms with E-state index in [0.29, 0.717) is 32.4 Å². The third-order valence-corrected chi connectivity index (χ3v) is 7.75. The van der Waals surface area contributed by atoms with Gasteiger partial charge >= 0.3 is 0 Å². The Kier molecular flexibility index (Phi) is 8.11. The lowest BCUT2D eigenvalue weighted by molar-refractivity contribution is -0.113. The molecule has 0 saturated carbocycles. The standard InChI is InChI=1S/C27H19Cl2N5OS2/c28-21-12-11-17(14-22(21)29)13-20-15-30-26(37-20)31-23(35)16-36-27-32-24(18-7-3-1-4-8-18)25(33-34-27)19-9-5-2-6-10-19/h1-12,14-15H,13,16H2,(H,30,31,35). The van der Waals surface area contributed by atoms with E-state index in [1.165, 1.54) is 23.1 Å². The largest absolute Gasteiger partial charge is 0.301 e. The van der Waals surface area contributed by atoms with E-state index in [1.807, 2.05) is 72.8 Å². The second-order valence-electron chi connectivity index (χ2n) is 7.92. The smallest absolute Gasteiger partial charge is 0.236 e. The van der Waals surface area contributed by atoms with E-state index in [-0.39, 0.29) is 11.7 Å². The maximum Gasteiger partial charge on any atom is 0.236 e. The van der Waals surface area contributed by atoms with Crippen LogP contribution < -0.4 is 5.32 Å². The second kappa shape index (κ2) is 11.8. The van der Waals surface area contributed by atoms with Crippen molar-refractivity contribution in [3.05, 3.63) is 106 Å². The van der Waals surface area contributed by atoms with Gasteiger partial charge in [-0.2, -0.15) is 0 Å². The molecule has 0 saturated heterocycles.